The average molecular weight is 297 g/mol. The molecular weight excluding hydrogens is 274 g/mol. The van der Waals surface area contributed by atoms with Gasteiger partial charge in [-0.05, 0) is 24.3 Å². The van der Waals surface area contributed by atoms with Crippen LogP contribution in [-0.2, 0) is 4.79 Å². The molecule has 1 heterocycles. The largest absolute Gasteiger partial charge is 0.409 e. The van der Waals surface area contributed by atoms with Crippen molar-refractivity contribution in [3.05, 3.63) is 22.4 Å². The Morgan fingerprint density at radius 2 is 2.15 bits per heavy atom. The molecule has 0 fully saturated rings. The maximum Gasteiger partial charge on any atom is 0.231 e. The Morgan fingerprint density at radius 3 is 2.65 bits per heavy atom. The van der Waals surface area contributed by atoms with Crippen molar-refractivity contribution in [2.75, 3.05) is 0 Å². The molecule has 0 saturated heterocycles. The summed E-state index contributed by atoms with van der Waals surface area (Å²) in [5.74, 6) is -0.760. The van der Waals surface area contributed by atoms with E-state index >= 15 is 0 Å². The van der Waals surface area contributed by atoms with Crippen LogP contribution < -0.4 is 11.1 Å². The highest BCUT2D eigenvalue weighted by Gasteiger charge is 2.25. The molecule has 1 amide bonds. The van der Waals surface area contributed by atoms with Crippen LogP contribution in [-0.4, -0.2) is 17.0 Å². The lowest BCUT2D eigenvalue weighted by Gasteiger charge is -2.21. The maximum atomic E-state index is 12.3. The molecule has 20 heavy (non-hydrogen) atoms. The highest BCUT2D eigenvalue weighted by Crippen LogP contribution is 2.24. The van der Waals surface area contributed by atoms with E-state index in [0.29, 0.717) is 6.42 Å². The molecule has 6 heteroatoms. The van der Waals surface area contributed by atoms with Gasteiger partial charge < -0.3 is 16.3 Å². The summed E-state index contributed by atoms with van der Waals surface area (Å²) < 4.78 is 0. The third-order valence-corrected chi connectivity index (χ3v) is 4.13. The van der Waals surface area contributed by atoms with Gasteiger partial charge in [0.1, 0.15) is 0 Å². The zero-order valence-electron chi connectivity index (χ0n) is 12.0. The maximum absolute atomic E-state index is 12.3. The fraction of sp³-hybridized carbons (Fsp3) is 0.571. The number of carbonyl (C=O) groups is 1. The summed E-state index contributed by atoms with van der Waals surface area (Å²) in [5, 5.41) is 16.8. The topological polar surface area (TPSA) is 87.7 Å². The van der Waals surface area contributed by atoms with Gasteiger partial charge in [-0.25, -0.2) is 0 Å². The van der Waals surface area contributed by atoms with Gasteiger partial charge in [-0.2, -0.15) is 0 Å². The number of nitrogens with one attached hydrogen (secondary N) is 1. The SMILES string of the molecule is CCCC(C(=O)NC(CCC)c1cccs1)C(N)=NO. The molecule has 0 radical (unpaired) electrons. The summed E-state index contributed by atoms with van der Waals surface area (Å²) in [6, 6.07) is 3.99. The standard InChI is InChI=1S/C14H23N3O2S/c1-3-6-10(13(15)17-19)14(18)16-11(7-4-2)12-8-5-9-20-12/h5,8-11,19H,3-4,6-7H2,1-2H3,(H2,15,17)(H,16,18). The van der Waals surface area contributed by atoms with Gasteiger partial charge in [-0.3, -0.25) is 4.79 Å². The summed E-state index contributed by atoms with van der Waals surface area (Å²) in [5.41, 5.74) is 5.61. The molecule has 2 atom stereocenters. The van der Waals surface area contributed by atoms with Gasteiger partial charge in [-0.1, -0.05) is 37.9 Å². The van der Waals surface area contributed by atoms with Crippen molar-refractivity contribution >= 4 is 23.1 Å². The summed E-state index contributed by atoms with van der Waals surface area (Å²) in [6.45, 7) is 4.05. The number of hydrogen-bond donors (Lipinski definition) is 3. The van der Waals surface area contributed by atoms with Gasteiger partial charge >= 0.3 is 0 Å². The van der Waals surface area contributed by atoms with Gasteiger partial charge in [0.25, 0.3) is 0 Å². The Labute approximate surface area is 123 Å². The van der Waals surface area contributed by atoms with Crippen LogP contribution >= 0.6 is 11.3 Å². The van der Waals surface area contributed by atoms with Gasteiger partial charge in [0.05, 0.1) is 12.0 Å². The van der Waals surface area contributed by atoms with E-state index in [4.69, 9.17) is 10.9 Å². The lowest BCUT2D eigenvalue weighted by Crippen LogP contribution is -2.40. The first-order valence-corrected chi connectivity index (χ1v) is 7.83. The molecular formula is C14H23N3O2S. The van der Waals surface area contributed by atoms with Crippen LogP contribution in [0.15, 0.2) is 22.7 Å². The second-order valence-electron chi connectivity index (χ2n) is 4.73. The lowest BCUT2D eigenvalue weighted by atomic mass is 10.0. The Morgan fingerprint density at radius 1 is 1.45 bits per heavy atom. The van der Waals surface area contributed by atoms with E-state index in [0.717, 1.165) is 24.1 Å². The normalized spacial score (nSPS) is 14.8. The highest BCUT2D eigenvalue weighted by molar-refractivity contribution is 7.10. The van der Waals surface area contributed by atoms with E-state index in [1.54, 1.807) is 11.3 Å². The fourth-order valence-electron chi connectivity index (χ4n) is 2.11. The fourth-order valence-corrected chi connectivity index (χ4v) is 2.92. The molecule has 1 rings (SSSR count). The van der Waals surface area contributed by atoms with Crippen molar-refractivity contribution in [2.24, 2.45) is 16.8 Å². The first-order chi connectivity index (χ1) is 9.63. The summed E-state index contributed by atoms with van der Waals surface area (Å²) in [6.07, 6.45) is 3.23. The number of hydrogen-bond acceptors (Lipinski definition) is 4. The monoisotopic (exact) mass is 297 g/mol. The van der Waals surface area contributed by atoms with Crippen molar-refractivity contribution in [2.45, 2.75) is 45.6 Å². The minimum Gasteiger partial charge on any atom is -0.409 e. The van der Waals surface area contributed by atoms with E-state index in [2.05, 4.69) is 17.4 Å². The molecule has 0 spiro atoms. The van der Waals surface area contributed by atoms with Crippen LogP contribution in [0.4, 0.5) is 0 Å². The van der Waals surface area contributed by atoms with Gasteiger partial charge in [0.15, 0.2) is 5.84 Å². The van der Waals surface area contributed by atoms with Crippen LogP contribution in [0.5, 0.6) is 0 Å². The number of carbonyl (C=O) groups excluding carboxylic acids is 1. The Hall–Kier alpha value is -1.56. The highest BCUT2D eigenvalue weighted by atomic mass is 32.1. The van der Waals surface area contributed by atoms with Crippen molar-refractivity contribution < 1.29 is 10.0 Å². The van der Waals surface area contributed by atoms with Crippen LogP contribution in [0.2, 0.25) is 0 Å². The Balaban J connectivity index is 2.78. The van der Waals surface area contributed by atoms with Gasteiger partial charge in [0.2, 0.25) is 5.91 Å². The van der Waals surface area contributed by atoms with Gasteiger partial charge in [-0.15, -0.1) is 11.3 Å². The summed E-state index contributed by atoms with van der Waals surface area (Å²) in [7, 11) is 0. The van der Waals surface area contributed by atoms with Crippen LogP contribution in [0.1, 0.15) is 50.4 Å². The Bertz CT molecular complexity index is 432. The molecule has 2 unspecified atom stereocenters. The molecule has 5 nitrogen and oxygen atoms in total. The molecule has 1 aromatic heterocycles. The summed E-state index contributed by atoms with van der Waals surface area (Å²) >= 11 is 1.63. The third kappa shape index (κ3) is 4.52. The van der Waals surface area contributed by atoms with Crippen molar-refractivity contribution in [1.29, 1.82) is 0 Å². The number of rotatable bonds is 8. The number of nitrogens with zero attached hydrogens (tertiary/aromatic N) is 1. The Kier molecular flexibility index (Phi) is 7.08. The number of oxime groups is 1. The minimum absolute atomic E-state index is 0.00153. The van der Waals surface area contributed by atoms with Crippen LogP contribution in [0.3, 0.4) is 0 Å². The quantitative estimate of drug-likeness (QED) is 0.298. The lowest BCUT2D eigenvalue weighted by molar-refractivity contribution is -0.124. The minimum atomic E-state index is -0.565. The van der Waals surface area contributed by atoms with Crippen molar-refractivity contribution in [1.82, 2.24) is 5.32 Å². The average Bonchev–Trinajstić information content (AvgIpc) is 2.97. The van der Waals surface area contributed by atoms with Crippen molar-refractivity contribution in [3.63, 3.8) is 0 Å². The van der Waals surface area contributed by atoms with Crippen LogP contribution in [0.25, 0.3) is 0 Å². The first-order valence-electron chi connectivity index (χ1n) is 6.95. The van der Waals surface area contributed by atoms with Crippen LogP contribution in [0, 0.1) is 5.92 Å². The molecule has 1 aromatic rings. The second kappa shape index (κ2) is 8.58. The first kappa shape index (κ1) is 16.5. The third-order valence-electron chi connectivity index (χ3n) is 3.15. The molecule has 112 valence electrons. The molecule has 0 aliphatic carbocycles. The van der Waals surface area contributed by atoms with E-state index in [1.165, 1.54) is 0 Å². The zero-order chi connectivity index (χ0) is 15.0. The van der Waals surface area contributed by atoms with Crippen molar-refractivity contribution in [3.8, 4) is 0 Å². The van der Waals surface area contributed by atoms with E-state index in [-0.39, 0.29) is 17.8 Å². The number of amidine groups is 1. The smallest absolute Gasteiger partial charge is 0.231 e. The molecule has 0 bridgehead atoms. The molecule has 0 aliphatic rings. The summed E-state index contributed by atoms with van der Waals surface area (Å²) in [4.78, 5) is 13.5. The van der Waals surface area contributed by atoms with E-state index < -0.39 is 5.92 Å². The molecule has 0 aliphatic heterocycles. The predicted molar refractivity (Wildman–Crippen MR) is 81.9 cm³/mol. The molecule has 0 aromatic carbocycles. The predicted octanol–water partition coefficient (Wildman–Crippen LogP) is 2.87. The van der Waals surface area contributed by atoms with E-state index in [9.17, 15) is 4.79 Å². The zero-order valence-corrected chi connectivity index (χ0v) is 12.8. The molecule has 0 saturated carbocycles. The second-order valence-corrected chi connectivity index (χ2v) is 5.71. The number of nitrogens with two attached hydrogens (primary N) is 1. The number of amides is 1. The molecule has 4 N–H and O–H groups in total. The van der Waals surface area contributed by atoms with Gasteiger partial charge in [0, 0.05) is 4.88 Å². The number of thiophene rings is 1. The van der Waals surface area contributed by atoms with E-state index in [1.807, 2.05) is 24.4 Å².